The third-order valence-corrected chi connectivity index (χ3v) is 6.14. The van der Waals surface area contributed by atoms with Crippen molar-refractivity contribution in [2.24, 2.45) is 0 Å². The molecule has 0 aliphatic heterocycles. The smallest absolute Gasteiger partial charge is 0.224 e. The van der Waals surface area contributed by atoms with Gasteiger partial charge < -0.3 is 5.32 Å². The van der Waals surface area contributed by atoms with Crippen molar-refractivity contribution >= 4 is 19.7 Å². The Bertz CT molecular complexity index is 383. The highest BCUT2D eigenvalue weighted by Gasteiger charge is 2.32. The number of unbranched alkanes of at least 4 members (excludes halogenated alkanes) is 2. The molecule has 0 heterocycles. The fraction of sp³-hybridized carbons (Fsp3) is 0.562. The minimum Gasteiger partial charge on any atom is -0.326 e. The van der Waals surface area contributed by atoms with Crippen LogP contribution in [0.3, 0.4) is 0 Å². The summed E-state index contributed by atoms with van der Waals surface area (Å²) in [6.07, 6.45) is 4.62. The zero-order valence-electron chi connectivity index (χ0n) is 12.7. The summed E-state index contributed by atoms with van der Waals surface area (Å²) < 4.78 is 0. The van der Waals surface area contributed by atoms with Gasteiger partial charge in [-0.15, -0.1) is 0 Å². The second kappa shape index (κ2) is 7.48. The van der Waals surface area contributed by atoms with Gasteiger partial charge in [-0.3, -0.25) is 4.79 Å². The van der Waals surface area contributed by atoms with E-state index >= 15 is 0 Å². The van der Waals surface area contributed by atoms with Crippen LogP contribution >= 0.6 is 0 Å². The Labute approximate surface area is 118 Å². The first kappa shape index (κ1) is 16.0. The van der Waals surface area contributed by atoms with Crippen molar-refractivity contribution in [3.8, 4) is 0 Å². The van der Waals surface area contributed by atoms with E-state index in [1.54, 1.807) is 0 Å². The molecule has 1 aromatic carbocycles. The highest BCUT2D eigenvalue weighted by molar-refractivity contribution is 6.80. The van der Waals surface area contributed by atoms with Crippen LogP contribution in [0.1, 0.15) is 32.6 Å². The van der Waals surface area contributed by atoms with E-state index in [9.17, 15) is 4.79 Å². The van der Waals surface area contributed by atoms with Crippen LogP contribution in [0, 0.1) is 0 Å². The van der Waals surface area contributed by atoms with Crippen LogP contribution in [-0.4, -0.2) is 14.0 Å². The summed E-state index contributed by atoms with van der Waals surface area (Å²) in [7, 11) is -1.47. The number of rotatable bonds is 7. The van der Waals surface area contributed by atoms with Gasteiger partial charge in [-0.05, 0) is 18.6 Å². The second-order valence-corrected chi connectivity index (χ2v) is 11.7. The van der Waals surface area contributed by atoms with Crippen molar-refractivity contribution in [1.82, 2.24) is 0 Å². The molecule has 0 aliphatic carbocycles. The van der Waals surface area contributed by atoms with Crippen molar-refractivity contribution in [2.75, 3.05) is 5.32 Å². The maximum atomic E-state index is 12.5. The molecule has 1 N–H and O–H groups in total. The highest BCUT2D eigenvalue weighted by Crippen LogP contribution is 2.29. The maximum Gasteiger partial charge on any atom is 0.224 e. The van der Waals surface area contributed by atoms with Gasteiger partial charge in [0.05, 0.1) is 8.07 Å². The van der Waals surface area contributed by atoms with Crippen LogP contribution in [0.4, 0.5) is 5.69 Å². The Hall–Kier alpha value is -1.09. The van der Waals surface area contributed by atoms with E-state index in [2.05, 4.69) is 31.9 Å². The molecule has 0 saturated carbocycles. The normalized spacial score (nSPS) is 13.1. The summed E-state index contributed by atoms with van der Waals surface area (Å²) in [5.41, 5.74) is 1.12. The van der Waals surface area contributed by atoms with Crippen LogP contribution in [0.25, 0.3) is 0 Å². The summed E-state index contributed by atoms with van der Waals surface area (Å²) >= 11 is 0. The monoisotopic (exact) mass is 277 g/mol. The number of amides is 1. The lowest BCUT2D eigenvalue weighted by Gasteiger charge is -2.28. The van der Waals surface area contributed by atoms with Crippen molar-refractivity contribution in [3.05, 3.63) is 30.3 Å². The summed E-state index contributed by atoms with van der Waals surface area (Å²) in [4.78, 5) is 12.5. The third kappa shape index (κ3) is 5.60. The first-order valence-corrected chi connectivity index (χ1v) is 10.9. The van der Waals surface area contributed by atoms with Gasteiger partial charge in [0.25, 0.3) is 0 Å². The Balaban J connectivity index is 2.66. The van der Waals surface area contributed by atoms with Crippen molar-refractivity contribution in [2.45, 2.75) is 57.8 Å². The standard InChI is InChI=1S/C16H27NOSi/c1-5-6-8-13-15(19(2,3)4)16(18)17-14-11-9-7-10-12-14/h7,9-12,15H,5-6,8,13H2,1-4H3,(H,17,18). The van der Waals surface area contributed by atoms with E-state index < -0.39 is 8.07 Å². The average Bonchev–Trinajstić information content (AvgIpc) is 2.34. The molecular weight excluding hydrogens is 250 g/mol. The molecule has 2 nitrogen and oxygen atoms in total. The Morgan fingerprint density at radius 2 is 1.79 bits per heavy atom. The van der Waals surface area contributed by atoms with Crippen LogP contribution in [0.5, 0.6) is 0 Å². The first-order chi connectivity index (χ1) is 8.95. The van der Waals surface area contributed by atoms with Crippen molar-refractivity contribution < 1.29 is 4.79 Å². The molecule has 1 atom stereocenters. The number of anilines is 1. The first-order valence-electron chi connectivity index (χ1n) is 7.31. The molecule has 0 aliphatic rings. The number of hydrogen-bond acceptors (Lipinski definition) is 1. The molecule has 0 spiro atoms. The van der Waals surface area contributed by atoms with E-state index in [1.807, 2.05) is 30.3 Å². The fourth-order valence-electron chi connectivity index (χ4n) is 2.31. The Morgan fingerprint density at radius 3 is 2.32 bits per heavy atom. The predicted molar refractivity (Wildman–Crippen MR) is 86.3 cm³/mol. The lowest BCUT2D eigenvalue weighted by molar-refractivity contribution is -0.116. The number of nitrogens with one attached hydrogen (secondary N) is 1. The molecule has 1 amide bonds. The molecule has 0 saturated heterocycles. The number of carbonyl (C=O) groups is 1. The van der Waals surface area contributed by atoms with Crippen LogP contribution in [0.15, 0.2) is 30.3 Å². The number of carbonyl (C=O) groups excluding carboxylic acids is 1. The largest absolute Gasteiger partial charge is 0.326 e. The molecule has 0 radical (unpaired) electrons. The van der Waals surface area contributed by atoms with E-state index in [4.69, 9.17) is 0 Å². The lowest BCUT2D eigenvalue weighted by Crippen LogP contribution is -2.37. The van der Waals surface area contributed by atoms with Gasteiger partial charge in [-0.2, -0.15) is 0 Å². The topological polar surface area (TPSA) is 29.1 Å². The van der Waals surface area contributed by atoms with E-state index in [-0.39, 0.29) is 11.4 Å². The van der Waals surface area contributed by atoms with Gasteiger partial charge in [-0.1, -0.05) is 64.0 Å². The molecule has 0 aromatic heterocycles. The molecule has 1 rings (SSSR count). The summed E-state index contributed by atoms with van der Waals surface area (Å²) in [5, 5.41) is 3.07. The van der Waals surface area contributed by atoms with E-state index in [0.717, 1.165) is 18.5 Å². The molecule has 1 unspecified atom stereocenters. The minimum atomic E-state index is -1.47. The predicted octanol–water partition coefficient (Wildman–Crippen LogP) is 4.91. The quantitative estimate of drug-likeness (QED) is 0.556. The molecule has 1 aromatic rings. The second-order valence-electron chi connectivity index (χ2n) is 6.27. The van der Waals surface area contributed by atoms with Gasteiger partial charge in [-0.25, -0.2) is 0 Å². The Kier molecular flexibility index (Phi) is 6.29. The highest BCUT2D eigenvalue weighted by atomic mass is 28.3. The van der Waals surface area contributed by atoms with Gasteiger partial charge >= 0.3 is 0 Å². The van der Waals surface area contributed by atoms with Gasteiger partial charge in [0.15, 0.2) is 0 Å². The molecule has 0 fully saturated rings. The Morgan fingerprint density at radius 1 is 1.16 bits per heavy atom. The fourth-order valence-corrected chi connectivity index (χ4v) is 4.24. The van der Waals surface area contributed by atoms with E-state index in [0.29, 0.717) is 0 Å². The van der Waals surface area contributed by atoms with Gasteiger partial charge in [0.1, 0.15) is 0 Å². The average molecular weight is 277 g/mol. The molecule has 106 valence electrons. The van der Waals surface area contributed by atoms with Crippen LogP contribution in [-0.2, 0) is 4.79 Å². The number of hydrogen-bond donors (Lipinski definition) is 1. The lowest BCUT2D eigenvalue weighted by atomic mass is 10.1. The molecule has 19 heavy (non-hydrogen) atoms. The van der Waals surface area contributed by atoms with Crippen LogP contribution in [0.2, 0.25) is 25.2 Å². The minimum absolute atomic E-state index is 0.208. The van der Waals surface area contributed by atoms with Crippen LogP contribution < -0.4 is 5.32 Å². The molecular formula is C16H27NOSi. The van der Waals surface area contributed by atoms with Gasteiger partial charge in [0.2, 0.25) is 5.91 Å². The molecule has 0 bridgehead atoms. The van der Waals surface area contributed by atoms with Crippen molar-refractivity contribution in [3.63, 3.8) is 0 Å². The SMILES string of the molecule is CCCCCC(C(=O)Nc1ccccc1)[Si](C)(C)C. The molecule has 3 heteroatoms. The maximum absolute atomic E-state index is 12.5. The van der Waals surface area contributed by atoms with Crippen molar-refractivity contribution in [1.29, 1.82) is 0 Å². The van der Waals surface area contributed by atoms with Gasteiger partial charge in [0, 0.05) is 11.2 Å². The third-order valence-electron chi connectivity index (χ3n) is 3.50. The summed E-state index contributed by atoms with van der Waals surface area (Å²) in [5.74, 6) is 0.210. The summed E-state index contributed by atoms with van der Waals surface area (Å²) in [6.45, 7) is 9.06. The zero-order valence-corrected chi connectivity index (χ0v) is 13.7. The zero-order chi connectivity index (χ0) is 14.3. The summed E-state index contributed by atoms with van der Waals surface area (Å²) in [6, 6.07) is 9.77. The number of para-hydroxylation sites is 1. The van der Waals surface area contributed by atoms with E-state index in [1.165, 1.54) is 12.8 Å². The number of benzene rings is 1.